The minimum Gasteiger partial charge on any atom is -0.478 e. The minimum atomic E-state index is -1.14. The third-order valence-corrected chi connectivity index (χ3v) is 10.2. The highest BCUT2D eigenvalue weighted by Gasteiger charge is 2.13. The summed E-state index contributed by atoms with van der Waals surface area (Å²) in [5.74, 6) is -0.986. The van der Waals surface area contributed by atoms with E-state index in [9.17, 15) is 24.3 Å². The van der Waals surface area contributed by atoms with Crippen LogP contribution in [0, 0.1) is 0 Å². The molecule has 0 aliphatic carbocycles. The molecule has 1 N–H and O–H groups in total. The van der Waals surface area contributed by atoms with Crippen molar-refractivity contribution >= 4 is 125 Å². The maximum absolute atomic E-state index is 11.4. The molecular weight excluding hydrogens is 874 g/mol. The van der Waals surface area contributed by atoms with Crippen molar-refractivity contribution in [2.75, 3.05) is 24.1 Å². The molecule has 18 heteroatoms. The number of aromatic carboxylic acids is 1. The molecule has 0 saturated heterocycles. The number of benzene rings is 4. The van der Waals surface area contributed by atoms with Crippen LogP contribution in [-0.2, 0) is 9.59 Å². The molecule has 0 radical (unpaired) electrons. The summed E-state index contributed by atoms with van der Waals surface area (Å²) in [7, 11) is 3.55. The molecule has 6 rings (SSSR count). The van der Waals surface area contributed by atoms with Gasteiger partial charge in [-0.1, -0.05) is 103 Å². The fraction of sp³-hybridized carbons (Fsp3) is 0.0769. The van der Waals surface area contributed by atoms with Crippen LogP contribution in [0.2, 0.25) is 10.0 Å². The van der Waals surface area contributed by atoms with Gasteiger partial charge < -0.3 is 5.11 Å². The standard InChI is InChI=1S/C18H13Cl2N3OS.C18H14ClN3O2S.C2Cl2O2.CH4/c1-23(21-10-12-6-2-3-7-13(12)17(20)24)18-22-16(11-25-18)14-8-4-5-9-15(14)19;1-22(20-10-12-6-2-3-7-13(12)17(23)24)18-21-16(11-25-18)14-8-4-5-9-15(14)19;3-1(5)2(4)6;/h2-11H,1H3;2-11H,1H3,(H,23,24);;1H4/b21-10+;20-10+;;. The molecule has 0 bridgehead atoms. The number of halogens is 5. The Kier molecular flexibility index (Phi) is 18.5. The molecule has 0 aliphatic rings. The number of aromatic nitrogens is 2. The lowest BCUT2D eigenvalue weighted by molar-refractivity contribution is -0.127. The summed E-state index contributed by atoms with van der Waals surface area (Å²) in [6.45, 7) is 0. The highest BCUT2D eigenvalue weighted by molar-refractivity contribution is 7.14. The highest BCUT2D eigenvalue weighted by atomic mass is 35.5. The average Bonchev–Trinajstić information content (AvgIpc) is 3.89. The number of carboxylic acid groups (broad SMARTS) is 1. The molecule has 294 valence electrons. The van der Waals surface area contributed by atoms with E-state index in [0.717, 1.165) is 22.5 Å². The Bertz CT molecular complexity index is 2240. The number of hydrazone groups is 2. The van der Waals surface area contributed by atoms with E-state index in [2.05, 4.69) is 43.4 Å². The number of nitrogens with zero attached hydrogens (tertiary/aromatic N) is 6. The number of carboxylic acids is 1. The van der Waals surface area contributed by atoms with Gasteiger partial charge in [0.05, 0.1) is 29.4 Å². The monoisotopic (exact) mass is 902 g/mol. The van der Waals surface area contributed by atoms with Crippen LogP contribution in [0.3, 0.4) is 0 Å². The van der Waals surface area contributed by atoms with E-state index in [4.69, 9.17) is 34.8 Å². The zero-order chi connectivity index (χ0) is 40.8. The zero-order valence-corrected chi connectivity index (χ0v) is 34.4. The lowest BCUT2D eigenvalue weighted by atomic mass is 10.1. The maximum Gasteiger partial charge on any atom is 0.336 e. The van der Waals surface area contributed by atoms with E-state index in [-0.39, 0.29) is 13.0 Å². The van der Waals surface area contributed by atoms with Crippen LogP contribution in [-0.4, -0.2) is 63.3 Å². The number of carbonyl (C=O) groups excluding carboxylic acids is 3. The SMILES string of the molecule is C.CN(/N=C/c1ccccc1C(=O)Cl)c1nc(-c2ccccc2Cl)cs1.CN(/N=C/c1ccccc1C(=O)O)c1nc(-c2ccccc2Cl)cs1.O=C(Cl)C(=O)Cl. The molecule has 0 unspecified atom stereocenters. The Morgan fingerprint density at radius 1 is 0.614 bits per heavy atom. The van der Waals surface area contributed by atoms with Crippen molar-refractivity contribution in [1.29, 1.82) is 0 Å². The van der Waals surface area contributed by atoms with Gasteiger partial charge in [0.15, 0.2) is 0 Å². The molecule has 0 amide bonds. The zero-order valence-electron chi connectivity index (χ0n) is 29.0. The molecular formula is C39H31Cl5N6O5S2. The lowest BCUT2D eigenvalue weighted by Gasteiger charge is -2.08. The Morgan fingerprint density at radius 3 is 1.37 bits per heavy atom. The van der Waals surface area contributed by atoms with Crippen LogP contribution < -0.4 is 10.0 Å². The van der Waals surface area contributed by atoms with Gasteiger partial charge in [-0.2, -0.15) is 10.2 Å². The summed E-state index contributed by atoms with van der Waals surface area (Å²) >= 11 is 29.9. The fourth-order valence-electron chi connectivity index (χ4n) is 4.40. The van der Waals surface area contributed by atoms with E-state index in [1.165, 1.54) is 28.9 Å². The van der Waals surface area contributed by atoms with Crippen LogP contribution in [0.4, 0.5) is 10.3 Å². The number of hydrogen-bond acceptors (Lipinski definition) is 12. The van der Waals surface area contributed by atoms with Gasteiger partial charge >= 0.3 is 16.5 Å². The van der Waals surface area contributed by atoms with Crippen molar-refractivity contribution < 1.29 is 24.3 Å². The first kappa shape index (κ1) is 46.4. The normalized spacial score (nSPS) is 10.4. The van der Waals surface area contributed by atoms with Crippen LogP contribution >= 0.6 is 80.7 Å². The van der Waals surface area contributed by atoms with Gasteiger partial charge in [-0.25, -0.2) is 24.8 Å². The summed E-state index contributed by atoms with van der Waals surface area (Å²) in [6.07, 6.45) is 3.10. The smallest absolute Gasteiger partial charge is 0.336 e. The van der Waals surface area contributed by atoms with E-state index in [1.54, 1.807) is 72.8 Å². The first-order valence-electron chi connectivity index (χ1n) is 15.7. The number of anilines is 2. The van der Waals surface area contributed by atoms with Gasteiger partial charge in [0.2, 0.25) is 10.3 Å². The Morgan fingerprint density at radius 2 is 0.982 bits per heavy atom. The topological polar surface area (TPSA) is 145 Å². The Hall–Kier alpha value is -4.99. The average molecular weight is 905 g/mol. The van der Waals surface area contributed by atoms with Crippen molar-refractivity contribution in [3.63, 3.8) is 0 Å². The van der Waals surface area contributed by atoms with Gasteiger partial charge in [-0.3, -0.25) is 14.4 Å². The van der Waals surface area contributed by atoms with Crippen molar-refractivity contribution in [1.82, 2.24) is 9.97 Å². The number of rotatable bonds is 11. The van der Waals surface area contributed by atoms with Gasteiger partial charge in [0.25, 0.3) is 5.24 Å². The minimum absolute atomic E-state index is 0. The summed E-state index contributed by atoms with van der Waals surface area (Å²) in [5, 5.41) is 24.8. The van der Waals surface area contributed by atoms with Crippen LogP contribution in [0.15, 0.2) is 118 Å². The van der Waals surface area contributed by atoms with Crippen LogP contribution in [0.25, 0.3) is 22.5 Å². The first-order valence-corrected chi connectivity index (χ1v) is 19.4. The van der Waals surface area contributed by atoms with Gasteiger partial charge in [-0.05, 0) is 59.1 Å². The molecule has 0 saturated carbocycles. The van der Waals surface area contributed by atoms with E-state index in [0.29, 0.717) is 37.0 Å². The van der Waals surface area contributed by atoms with Crippen molar-refractivity contribution in [3.8, 4) is 22.5 Å². The fourth-order valence-corrected chi connectivity index (χ4v) is 6.53. The van der Waals surface area contributed by atoms with Crippen LogP contribution in [0.1, 0.15) is 39.3 Å². The molecule has 11 nitrogen and oxygen atoms in total. The molecule has 0 spiro atoms. The molecule has 0 atom stereocenters. The van der Waals surface area contributed by atoms with Crippen LogP contribution in [0.5, 0.6) is 0 Å². The molecule has 0 aliphatic heterocycles. The molecule has 57 heavy (non-hydrogen) atoms. The number of thiazole rings is 2. The van der Waals surface area contributed by atoms with Gasteiger partial charge in [0.1, 0.15) is 0 Å². The third-order valence-electron chi connectivity index (χ3n) is 7.10. The van der Waals surface area contributed by atoms with Gasteiger partial charge in [0, 0.05) is 62.7 Å². The first-order chi connectivity index (χ1) is 26.8. The third kappa shape index (κ3) is 13.6. The predicted molar refractivity (Wildman–Crippen MR) is 236 cm³/mol. The second-order valence-corrected chi connectivity index (χ2v) is 14.3. The molecule has 2 heterocycles. The molecule has 2 aromatic heterocycles. The summed E-state index contributed by atoms with van der Waals surface area (Å²) < 4.78 is 0. The second-order valence-electron chi connectivity index (χ2n) is 10.8. The maximum atomic E-state index is 11.4. The molecule has 4 aromatic carbocycles. The molecule has 0 fully saturated rings. The largest absolute Gasteiger partial charge is 0.478 e. The number of hydrogen-bond donors (Lipinski definition) is 1. The summed E-state index contributed by atoms with van der Waals surface area (Å²) in [5.41, 5.74) is 5.11. The van der Waals surface area contributed by atoms with Crippen molar-refractivity contribution in [3.05, 3.63) is 140 Å². The lowest BCUT2D eigenvalue weighted by Crippen LogP contribution is -2.09. The van der Waals surface area contributed by atoms with E-state index in [1.807, 2.05) is 65.4 Å². The Balaban J connectivity index is 0.000000263. The molecule has 6 aromatic rings. The van der Waals surface area contributed by atoms with E-state index < -0.39 is 21.7 Å². The second kappa shape index (κ2) is 22.7. The van der Waals surface area contributed by atoms with Crippen molar-refractivity contribution in [2.24, 2.45) is 10.2 Å². The quantitative estimate of drug-likeness (QED) is 0.0581. The number of carbonyl (C=O) groups is 4. The summed E-state index contributed by atoms with van der Waals surface area (Å²) in [6, 6.07) is 28.8. The van der Waals surface area contributed by atoms with E-state index >= 15 is 0 Å². The summed E-state index contributed by atoms with van der Waals surface area (Å²) in [4.78, 5) is 50.6. The predicted octanol–water partition coefficient (Wildman–Crippen LogP) is 11.1. The van der Waals surface area contributed by atoms with Crippen molar-refractivity contribution in [2.45, 2.75) is 7.43 Å². The highest BCUT2D eigenvalue weighted by Crippen LogP contribution is 2.32. The van der Waals surface area contributed by atoms with Gasteiger partial charge in [-0.15, -0.1) is 22.7 Å². The Labute approximate surface area is 361 Å².